The summed E-state index contributed by atoms with van der Waals surface area (Å²) >= 11 is 3.60. The van der Waals surface area contributed by atoms with Crippen molar-refractivity contribution in [2.24, 2.45) is 0 Å². The number of H-pyrrole nitrogens is 1. The third kappa shape index (κ3) is 7.76. The monoisotopic (exact) mass is 606 g/mol. The lowest BCUT2D eigenvalue weighted by molar-refractivity contribution is -0.710. The van der Waals surface area contributed by atoms with Crippen molar-refractivity contribution in [2.45, 2.75) is 85.0 Å². The van der Waals surface area contributed by atoms with Gasteiger partial charge in [-0.15, -0.1) is 0 Å². The number of halogens is 1. The van der Waals surface area contributed by atoms with Crippen LogP contribution in [0.1, 0.15) is 71.8 Å². The van der Waals surface area contributed by atoms with Crippen molar-refractivity contribution < 1.29 is 27.7 Å². The molecule has 206 valence electrons. The molecule has 2 heterocycles. The number of likely N-dealkylation sites (tertiary alicyclic amines) is 1. The maximum Gasteiger partial charge on any atom is 0.410 e. The van der Waals surface area contributed by atoms with Crippen molar-refractivity contribution in [1.29, 1.82) is 0 Å². The Morgan fingerprint density at radius 3 is 2.42 bits per heavy atom. The molecule has 38 heavy (non-hydrogen) atoms. The molecule has 1 N–H and O–H groups in total. The molecular formula is C28H38BrN3O5P+. The van der Waals surface area contributed by atoms with Crippen LogP contribution in [0.4, 0.5) is 4.79 Å². The first-order chi connectivity index (χ1) is 17.9. The van der Waals surface area contributed by atoms with Crippen LogP contribution in [-0.4, -0.2) is 33.7 Å². The van der Waals surface area contributed by atoms with Crippen LogP contribution >= 0.6 is 24.5 Å². The fraction of sp³-hybridized carbons (Fsp3) is 0.500. The molecule has 1 aliphatic heterocycles. The molecule has 0 aliphatic carbocycles. The molecule has 4 rings (SSSR count). The van der Waals surface area contributed by atoms with Crippen molar-refractivity contribution in [3.05, 3.63) is 64.4 Å². The summed E-state index contributed by atoms with van der Waals surface area (Å²) in [7, 11) is -1.64. The second-order valence-corrected chi connectivity index (χ2v) is 13.4. The lowest BCUT2D eigenvalue weighted by atomic mass is 10.2. The van der Waals surface area contributed by atoms with Crippen LogP contribution in [0.5, 0.6) is 0 Å². The van der Waals surface area contributed by atoms with E-state index in [2.05, 4.69) is 25.5 Å². The molecule has 3 aromatic rings. The zero-order valence-corrected chi connectivity index (χ0v) is 25.5. The molecule has 1 saturated heterocycles. The third-order valence-electron chi connectivity index (χ3n) is 5.80. The van der Waals surface area contributed by atoms with Gasteiger partial charge in [-0.25, -0.2) is 14.3 Å². The first-order valence-electron chi connectivity index (χ1n) is 12.9. The maximum atomic E-state index is 13.2. The first kappa shape index (κ1) is 29.0. The minimum atomic E-state index is -1.64. The average Bonchev–Trinajstić information content (AvgIpc) is 3.44. The zero-order chi connectivity index (χ0) is 27.5. The van der Waals surface area contributed by atoms with Gasteiger partial charge in [0.05, 0.1) is 11.2 Å². The molecule has 1 aliphatic rings. The molecule has 1 aromatic heterocycles. The van der Waals surface area contributed by atoms with E-state index >= 15 is 0 Å². The smallest absolute Gasteiger partial charge is 0.410 e. The summed E-state index contributed by atoms with van der Waals surface area (Å²) in [6, 6.07) is 15.6. The fourth-order valence-corrected chi connectivity index (χ4v) is 5.86. The summed E-state index contributed by atoms with van der Waals surface area (Å²) in [6.07, 6.45) is 1.39. The van der Waals surface area contributed by atoms with Crippen LogP contribution in [0.15, 0.2) is 53.0 Å². The highest BCUT2D eigenvalue weighted by molar-refractivity contribution is 9.10. The van der Waals surface area contributed by atoms with Gasteiger partial charge in [0.15, 0.2) is 11.0 Å². The molecule has 0 saturated carbocycles. The van der Waals surface area contributed by atoms with Gasteiger partial charge in [0, 0.05) is 17.1 Å². The molecule has 0 unspecified atom stereocenters. The van der Waals surface area contributed by atoms with Gasteiger partial charge < -0.3 is 13.8 Å². The second kappa shape index (κ2) is 12.0. The van der Waals surface area contributed by atoms with Crippen molar-refractivity contribution in [3.8, 4) is 0 Å². The first-order valence-corrected chi connectivity index (χ1v) is 14.8. The Labute approximate surface area is 234 Å². The van der Waals surface area contributed by atoms with Gasteiger partial charge in [0.25, 0.3) is 5.82 Å². The Morgan fingerprint density at radius 1 is 1.08 bits per heavy atom. The summed E-state index contributed by atoms with van der Waals surface area (Å²) in [4.78, 5) is 18.5. The Morgan fingerprint density at radius 2 is 1.76 bits per heavy atom. The van der Waals surface area contributed by atoms with Gasteiger partial charge in [-0.2, -0.15) is 0 Å². The van der Waals surface area contributed by atoms with Crippen LogP contribution in [0.25, 0.3) is 11.0 Å². The highest BCUT2D eigenvalue weighted by atomic mass is 79.9. The summed E-state index contributed by atoms with van der Waals surface area (Å²) in [6.45, 7) is 13.0. The number of rotatable bonds is 8. The lowest BCUT2D eigenvalue weighted by Gasteiger charge is -2.30. The zero-order valence-electron chi connectivity index (χ0n) is 23.0. The van der Waals surface area contributed by atoms with Crippen LogP contribution in [0.2, 0.25) is 0 Å². The number of carbonyl (C=O) groups excluding carboxylic acids is 1. The van der Waals surface area contributed by atoms with Gasteiger partial charge in [0.1, 0.15) is 12.6 Å². The van der Waals surface area contributed by atoms with Gasteiger partial charge >= 0.3 is 14.7 Å². The molecule has 0 bridgehead atoms. The highest BCUT2D eigenvalue weighted by Gasteiger charge is 2.39. The Bertz CT molecular complexity index is 1220. The number of nitrogens with one attached hydrogen (secondary N) is 1. The number of aromatic nitrogens is 2. The minimum Gasteiger partial charge on any atom is -0.445 e. The number of fused-ring (bicyclic) bond motifs is 1. The van der Waals surface area contributed by atoms with E-state index in [0.29, 0.717) is 6.54 Å². The number of nitrogens with zero attached hydrogens (tertiary/aromatic N) is 2. The number of amides is 1. The van der Waals surface area contributed by atoms with Crippen molar-refractivity contribution in [3.63, 3.8) is 0 Å². The van der Waals surface area contributed by atoms with Crippen LogP contribution in [0.3, 0.4) is 0 Å². The molecule has 2 aromatic carbocycles. The number of benzene rings is 2. The second-order valence-electron chi connectivity index (χ2n) is 11.4. The number of hydrogen-bond donors (Lipinski definition) is 1. The summed E-state index contributed by atoms with van der Waals surface area (Å²) < 4.78 is 27.3. The largest absolute Gasteiger partial charge is 0.445 e. The molecule has 10 heteroatoms. The Hall–Kier alpha value is -2.03. The highest BCUT2D eigenvalue weighted by Crippen LogP contribution is 2.47. The third-order valence-corrected chi connectivity index (χ3v) is 8.01. The van der Waals surface area contributed by atoms with E-state index in [1.54, 1.807) is 4.90 Å². The van der Waals surface area contributed by atoms with Gasteiger partial charge in [0.2, 0.25) is 6.73 Å². The van der Waals surface area contributed by atoms with Crippen LogP contribution in [-0.2, 0) is 31.6 Å². The topological polar surface area (TPSA) is 76.9 Å². The van der Waals surface area contributed by atoms with E-state index in [1.807, 2.05) is 90.1 Å². The van der Waals surface area contributed by atoms with Crippen molar-refractivity contribution >= 4 is 41.7 Å². The number of ether oxygens (including phenoxy) is 1. The van der Waals surface area contributed by atoms with E-state index in [-0.39, 0.29) is 25.5 Å². The molecular weight excluding hydrogens is 569 g/mol. The number of hydrogen-bond acceptors (Lipinski definition) is 5. The minimum absolute atomic E-state index is 0.175. The molecule has 1 amide bonds. The molecule has 0 radical (unpaired) electrons. The van der Waals surface area contributed by atoms with Crippen LogP contribution in [0, 0.1) is 0 Å². The van der Waals surface area contributed by atoms with Gasteiger partial charge in [-0.05, 0) is 72.1 Å². The summed E-state index contributed by atoms with van der Waals surface area (Å²) in [5.41, 5.74) is 2.01. The maximum absolute atomic E-state index is 13.2. The predicted octanol–water partition coefficient (Wildman–Crippen LogP) is 7.52. The quantitative estimate of drug-likeness (QED) is 0.212. The van der Waals surface area contributed by atoms with E-state index < -0.39 is 19.8 Å². The summed E-state index contributed by atoms with van der Waals surface area (Å²) in [5.74, 6) is 0.883. The standard InChI is InChI=1S/C28H37BrN3O5P/c1-27(2,3)36-38(37-28(4,5)6)35-19-32-24-17-21(29)14-15-22(24)30-25(32)23-13-10-16-31(23)26(33)34-18-20-11-8-7-9-12-20/h7-9,11-12,14-15,17,23H,10,13,16,18-19H2,1-6H3/p+1/t23-/m0/s1. The predicted molar refractivity (Wildman–Crippen MR) is 151 cm³/mol. The van der Waals surface area contributed by atoms with E-state index in [9.17, 15) is 4.79 Å². The van der Waals surface area contributed by atoms with E-state index in [4.69, 9.17) is 18.3 Å². The van der Waals surface area contributed by atoms with Crippen molar-refractivity contribution in [1.82, 2.24) is 9.88 Å². The number of aromatic amines is 1. The molecule has 0 spiro atoms. The summed E-state index contributed by atoms with van der Waals surface area (Å²) in [5, 5.41) is 0. The van der Waals surface area contributed by atoms with Crippen molar-refractivity contribution in [2.75, 3.05) is 6.54 Å². The lowest BCUT2D eigenvalue weighted by Crippen LogP contribution is -2.43. The molecule has 8 nitrogen and oxygen atoms in total. The normalized spacial score (nSPS) is 16.5. The average molecular weight is 608 g/mol. The van der Waals surface area contributed by atoms with E-state index in [1.165, 1.54) is 0 Å². The SMILES string of the molecule is CC(C)(C)OP(OC[n+]1c([C@@H]2CCCN2C(=O)OCc2ccccc2)[nH]c2ccc(Br)cc21)OC(C)(C)C. The number of imidazole rings is 1. The Kier molecular flexibility index (Phi) is 9.15. The van der Waals surface area contributed by atoms with Gasteiger partial charge in [-0.1, -0.05) is 46.3 Å². The molecule has 1 atom stereocenters. The Balaban J connectivity index is 1.59. The molecule has 1 fully saturated rings. The van der Waals surface area contributed by atoms with E-state index in [0.717, 1.165) is 39.7 Å². The van der Waals surface area contributed by atoms with Gasteiger partial charge in [-0.3, -0.25) is 9.42 Å². The van der Waals surface area contributed by atoms with Crippen LogP contribution < -0.4 is 4.57 Å². The fourth-order valence-electron chi connectivity index (χ4n) is 4.27. The number of carbonyl (C=O) groups is 1.